The van der Waals surface area contributed by atoms with Crippen molar-refractivity contribution in [2.45, 2.75) is 45.2 Å². The van der Waals surface area contributed by atoms with Crippen LogP contribution >= 0.6 is 0 Å². The zero-order valence-electron chi connectivity index (χ0n) is 9.20. The fourth-order valence-corrected chi connectivity index (χ4v) is 2.14. The van der Waals surface area contributed by atoms with E-state index >= 15 is 0 Å². The molecule has 0 aromatic carbocycles. The van der Waals surface area contributed by atoms with Gasteiger partial charge in [-0.15, -0.1) is 0 Å². The quantitative estimate of drug-likeness (QED) is 0.777. The highest BCUT2D eigenvalue weighted by atomic mass is 15.3. The van der Waals surface area contributed by atoms with Gasteiger partial charge < -0.3 is 5.32 Å². The number of hydrogen-bond donors (Lipinski definition) is 1. The molecule has 1 aliphatic heterocycles. The first-order valence-corrected chi connectivity index (χ1v) is 5.46. The molecule has 1 saturated heterocycles. The van der Waals surface area contributed by atoms with Gasteiger partial charge in [-0.05, 0) is 39.3 Å². The van der Waals surface area contributed by atoms with Crippen LogP contribution < -0.4 is 5.32 Å². The lowest BCUT2D eigenvalue weighted by molar-refractivity contribution is 0.530. The normalized spacial score (nSPS) is 27.4. The number of nitrogens with zero attached hydrogens (tertiary/aromatic N) is 2. The summed E-state index contributed by atoms with van der Waals surface area (Å²) in [6.45, 7) is 7.71. The van der Waals surface area contributed by atoms with Gasteiger partial charge in [-0.25, -0.2) is 0 Å². The number of nitrogens with one attached hydrogen (secondary N) is 1. The lowest BCUT2D eigenvalue weighted by Crippen LogP contribution is -2.21. The highest BCUT2D eigenvalue weighted by Gasteiger charge is 2.25. The molecule has 3 heteroatoms. The molecule has 14 heavy (non-hydrogen) atoms. The first kappa shape index (κ1) is 9.71. The molecule has 78 valence electrons. The molecule has 1 aliphatic rings. The lowest BCUT2D eigenvalue weighted by atomic mass is 9.96. The minimum absolute atomic E-state index is 0.466. The topological polar surface area (TPSA) is 29.9 Å². The molecular formula is C11H19N3. The summed E-state index contributed by atoms with van der Waals surface area (Å²) in [5.41, 5.74) is 1.39. The van der Waals surface area contributed by atoms with E-state index in [1.807, 2.05) is 10.9 Å². The number of aromatic nitrogens is 2. The first-order valence-electron chi connectivity index (χ1n) is 5.46. The lowest BCUT2D eigenvalue weighted by Gasteiger charge is -2.12. The molecular weight excluding hydrogens is 174 g/mol. The van der Waals surface area contributed by atoms with Crippen molar-refractivity contribution in [1.29, 1.82) is 0 Å². The zero-order chi connectivity index (χ0) is 10.1. The minimum Gasteiger partial charge on any atom is -0.314 e. The first-order chi connectivity index (χ1) is 6.68. The Labute approximate surface area is 85.5 Å². The Morgan fingerprint density at radius 1 is 1.57 bits per heavy atom. The van der Waals surface area contributed by atoms with Crippen LogP contribution in [0.4, 0.5) is 0 Å². The standard InChI is InChI=1S/C11H19N3/c1-8(2)14-7-10(6-13-14)11-4-5-12-9(11)3/h6-9,11-12H,4-5H2,1-3H3. The molecule has 3 nitrogen and oxygen atoms in total. The van der Waals surface area contributed by atoms with E-state index in [9.17, 15) is 0 Å². The Bertz CT molecular complexity index is 303. The number of rotatable bonds is 2. The van der Waals surface area contributed by atoms with Crippen molar-refractivity contribution in [2.75, 3.05) is 6.54 Å². The third kappa shape index (κ3) is 1.69. The predicted octanol–water partition coefficient (Wildman–Crippen LogP) is 1.93. The molecule has 1 N–H and O–H groups in total. The second-order valence-electron chi connectivity index (χ2n) is 4.49. The van der Waals surface area contributed by atoms with E-state index in [4.69, 9.17) is 0 Å². The van der Waals surface area contributed by atoms with Gasteiger partial charge in [0, 0.05) is 24.2 Å². The van der Waals surface area contributed by atoms with Gasteiger partial charge in [-0.3, -0.25) is 4.68 Å². The third-order valence-electron chi connectivity index (χ3n) is 3.10. The summed E-state index contributed by atoms with van der Waals surface area (Å²) in [5.74, 6) is 0.655. The fraction of sp³-hybridized carbons (Fsp3) is 0.727. The highest BCUT2D eigenvalue weighted by Crippen LogP contribution is 2.27. The molecule has 0 saturated carbocycles. The molecule has 0 amide bonds. The molecule has 1 aromatic heterocycles. The molecule has 2 rings (SSSR count). The molecule has 0 spiro atoms. The minimum atomic E-state index is 0.466. The van der Waals surface area contributed by atoms with E-state index < -0.39 is 0 Å². The molecule has 2 atom stereocenters. The van der Waals surface area contributed by atoms with Crippen LogP contribution in [0.1, 0.15) is 44.7 Å². The van der Waals surface area contributed by atoms with Gasteiger partial charge in [-0.1, -0.05) is 0 Å². The van der Waals surface area contributed by atoms with E-state index in [0.717, 1.165) is 6.54 Å². The maximum atomic E-state index is 4.38. The van der Waals surface area contributed by atoms with E-state index in [1.54, 1.807) is 0 Å². The summed E-state index contributed by atoms with van der Waals surface area (Å²) < 4.78 is 2.04. The summed E-state index contributed by atoms with van der Waals surface area (Å²) in [7, 11) is 0. The van der Waals surface area contributed by atoms with Crippen molar-refractivity contribution in [2.24, 2.45) is 0 Å². The van der Waals surface area contributed by atoms with Crippen LogP contribution in [0.3, 0.4) is 0 Å². The van der Waals surface area contributed by atoms with Gasteiger partial charge in [0.15, 0.2) is 0 Å². The van der Waals surface area contributed by atoms with E-state index in [1.165, 1.54) is 12.0 Å². The summed E-state index contributed by atoms with van der Waals surface area (Å²) in [5, 5.41) is 7.85. The van der Waals surface area contributed by atoms with Crippen LogP contribution in [-0.2, 0) is 0 Å². The molecule has 2 heterocycles. The maximum Gasteiger partial charge on any atom is 0.0525 e. The molecule has 1 aromatic rings. The van der Waals surface area contributed by atoms with E-state index in [-0.39, 0.29) is 0 Å². The SMILES string of the molecule is CC1NCCC1c1cnn(C(C)C)c1. The molecule has 0 radical (unpaired) electrons. The molecule has 1 fully saturated rings. The Kier molecular flexibility index (Phi) is 2.59. The molecule has 0 bridgehead atoms. The smallest absolute Gasteiger partial charge is 0.0525 e. The van der Waals surface area contributed by atoms with Crippen LogP contribution in [0.15, 0.2) is 12.4 Å². The second-order valence-corrected chi connectivity index (χ2v) is 4.49. The molecule has 2 unspecified atom stereocenters. The Morgan fingerprint density at radius 2 is 2.36 bits per heavy atom. The van der Waals surface area contributed by atoms with Crippen molar-refractivity contribution in [1.82, 2.24) is 15.1 Å². The average molecular weight is 193 g/mol. The summed E-state index contributed by atoms with van der Waals surface area (Å²) >= 11 is 0. The van der Waals surface area contributed by atoms with E-state index in [0.29, 0.717) is 18.0 Å². The Hall–Kier alpha value is -0.830. The van der Waals surface area contributed by atoms with E-state index in [2.05, 4.69) is 37.4 Å². The highest BCUT2D eigenvalue weighted by molar-refractivity contribution is 5.16. The van der Waals surface area contributed by atoms with Crippen LogP contribution in [0.25, 0.3) is 0 Å². The van der Waals surface area contributed by atoms with Crippen LogP contribution in [0.5, 0.6) is 0 Å². The van der Waals surface area contributed by atoms with Crippen molar-refractivity contribution in [3.8, 4) is 0 Å². The van der Waals surface area contributed by atoms with Crippen molar-refractivity contribution in [3.63, 3.8) is 0 Å². The Morgan fingerprint density at radius 3 is 2.86 bits per heavy atom. The van der Waals surface area contributed by atoms with Gasteiger partial charge in [0.25, 0.3) is 0 Å². The van der Waals surface area contributed by atoms with Gasteiger partial charge in [0.2, 0.25) is 0 Å². The van der Waals surface area contributed by atoms with Gasteiger partial charge in [-0.2, -0.15) is 5.10 Å². The summed E-state index contributed by atoms with van der Waals surface area (Å²) in [6.07, 6.45) is 5.46. The fourth-order valence-electron chi connectivity index (χ4n) is 2.14. The van der Waals surface area contributed by atoms with Gasteiger partial charge in [0.05, 0.1) is 6.20 Å². The summed E-state index contributed by atoms with van der Waals surface area (Å²) in [6, 6.07) is 1.06. The van der Waals surface area contributed by atoms with Gasteiger partial charge in [0.1, 0.15) is 0 Å². The Balaban J connectivity index is 2.16. The largest absolute Gasteiger partial charge is 0.314 e. The van der Waals surface area contributed by atoms with Crippen molar-refractivity contribution in [3.05, 3.63) is 18.0 Å². The zero-order valence-corrected chi connectivity index (χ0v) is 9.20. The third-order valence-corrected chi connectivity index (χ3v) is 3.10. The average Bonchev–Trinajstić information content (AvgIpc) is 2.71. The van der Waals surface area contributed by atoms with Crippen molar-refractivity contribution < 1.29 is 0 Å². The van der Waals surface area contributed by atoms with Crippen LogP contribution in [-0.4, -0.2) is 22.4 Å². The second kappa shape index (κ2) is 3.73. The predicted molar refractivity (Wildman–Crippen MR) is 57.4 cm³/mol. The maximum absolute atomic E-state index is 4.38. The van der Waals surface area contributed by atoms with Gasteiger partial charge >= 0.3 is 0 Å². The van der Waals surface area contributed by atoms with Crippen LogP contribution in [0.2, 0.25) is 0 Å². The molecule has 0 aliphatic carbocycles. The monoisotopic (exact) mass is 193 g/mol. The number of hydrogen-bond acceptors (Lipinski definition) is 2. The summed E-state index contributed by atoms with van der Waals surface area (Å²) in [4.78, 5) is 0. The van der Waals surface area contributed by atoms with Crippen LogP contribution in [0, 0.1) is 0 Å². The van der Waals surface area contributed by atoms with Crippen molar-refractivity contribution >= 4 is 0 Å².